The molecule has 0 bridgehead atoms. The molecule has 5 heteroatoms. The number of hydrogen-bond acceptors (Lipinski definition) is 5. The maximum absolute atomic E-state index is 5.85. The molecule has 0 aliphatic carbocycles. The Morgan fingerprint density at radius 1 is 1.32 bits per heavy atom. The summed E-state index contributed by atoms with van der Waals surface area (Å²) in [6, 6.07) is 2.22. The van der Waals surface area contributed by atoms with Crippen molar-refractivity contribution in [3.8, 4) is 0 Å². The van der Waals surface area contributed by atoms with Crippen LogP contribution in [0.5, 0.6) is 0 Å². The first-order valence-electron chi connectivity index (χ1n) is 7.13. The van der Waals surface area contributed by atoms with Gasteiger partial charge in [0.05, 0.1) is 0 Å². The summed E-state index contributed by atoms with van der Waals surface area (Å²) in [4.78, 5) is 13.6. The summed E-state index contributed by atoms with van der Waals surface area (Å²) >= 11 is 0. The standard InChI is InChI=1S/C14H25N5/c1-11(15)10-18(3)13-9-14(17-12(2)16-13)19-7-5-4-6-8-19/h9,11H,4-8,10,15H2,1-3H3. The summed E-state index contributed by atoms with van der Waals surface area (Å²) in [5.41, 5.74) is 5.85. The normalized spacial score (nSPS) is 17.4. The van der Waals surface area contributed by atoms with Gasteiger partial charge in [0, 0.05) is 38.8 Å². The van der Waals surface area contributed by atoms with Gasteiger partial charge < -0.3 is 15.5 Å². The van der Waals surface area contributed by atoms with Gasteiger partial charge >= 0.3 is 0 Å². The van der Waals surface area contributed by atoms with Crippen molar-refractivity contribution in [1.82, 2.24) is 9.97 Å². The van der Waals surface area contributed by atoms with Gasteiger partial charge in [-0.25, -0.2) is 9.97 Å². The van der Waals surface area contributed by atoms with Crippen LogP contribution < -0.4 is 15.5 Å². The first kappa shape index (κ1) is 14.1. The van der Waals surface area contributed by atoms with Crippen molar-refractivity contribution in [2.24, 2.45) is 5.73 Å². The number of rotatable bonds is 4. The van der Waals surface area contributed by atoms with Gasteiger partial charge in [0.25, 0.3) is 0 Å². The van der Waals surface area contributed by atoms with Crippen LogP contribution in [0.1, 0.15) is 32.0 Å². The average molecular weight is 263 g/mol. The molecule has 1 aromatic rings. The third-order valence-corrected chi connectivity index (χ3v) is 3.44. The second kappa shape index (κ2) is 6.19. The number of aryl methyl sites for hydroxylation is 1. The van der Waals surface area contributed by atoms with E-state index in [1.807, 2.05) is 20.9 Å². The van der Waals surface area contributed by atoms with Crippen LogP contribution in [-0.2, 0) is 0 Å². The second-order valence-electron chi connectivity index (χ2n) is 5.54. The number of piperidine rings is 1. The number of nitrogens with zero attached hydrogens (tertiary/aromatic N) is 4. The topological polar surface area (TPSA) is 58.3 Å². The second-order valence-corrected chi connectivity index (χ2v) is 5.54. The molecule has 5 nitrogen and oxygen atoms in total. The Kier molecular flexibility index (Phi) is 4.58. The lowest BCUT2D eigenvalue weighted by Gasteiger charge is -2.29. The van der Waals surface area contributed by atoms with Crippen molar-refractivity contribution in [3.05, 3.63) is 11.9 Å². The molecule has 1 atom stereocenters. The first-order chi connectivity index (χ1) is 9.06. The Balaban J connectivity index is 2.18. The summed E-state index contributed by atoms with van der Waals surface area (Å²) in [6.45, 7) is 6.97. The molecular formula is C14H25N5. The maximum atomic E-state index is 5.85. The van der Waals surface area contributed by atoms with Crippen molar-refractivity contribution in [3.63, 3.8) is 0 Å². The van der Waals surface area contributed by atoms with Crippen molar-refractivity contribution in [2.45, 2.75) is 39.2 Å². The Labute approximate surface area is 115 Å². The van der Waals surface area contributed by atoms with Crippen LogP contribution in [-0.4, -0.2) is 42.7 Å². The molecule has 1 aliphatic rings. The summed E-state index contributed by atoms with van der Waals surface area (Å²) in [6.07, 6.45) is 3.85. The quantitative estimate of drug-likeness (QED) is 0.893. The van der Waals surface area contributed by atoms with E-state index in [2.05, 4.69) is 25.8 Å². The third kappa shape index (κ3) is 3.80. The summed E-state index contributed by atoms with van der Waals surface area (Å²) in [5.74, 6) is 2.85. The van der Waals surface area contributed by atoms with Crippen LogP contribution in [0.25, 0.3) is 0 Å². The van der Waals surface area contributed by atoms with Gasteiger partial charge in [-0.15, -0.1) is 0 Å². The lowest BCUT2D eigenvalue weighted by molar-refractivity contribution is 0.572. The molecule has 2 heterocycles. The zero-order valence-corrected chi connectivity index (χ0v) is 12.3. The summed E-state index contributed by atoms with van der Waals surface area (Å²) in [7, 11) is 2.03. The fourth-order valence-corrected chi connectivity index (χ4v) is 2.54. The highest BCUT2D eigenvalue weighted by Gasteiger charge is 2.15. The van der Waals surface area contributed by atoms with Crippen molar-refractivity contribution >= 4 is 11.6 Å². The Morgan fingerprint density at radius 2 is 2.00 bits per heavy atom. The molecule has 2 N–H and O–H groups in total. The fraction of sp³-hybridized carbons (Fsp3) is 0.714. The third-order valence-electron chi connectivity index (χ3n) is 3.44. The highest BCUT2D eigenvalue weighted by atomic mass is 15.2. The SMILES string of the molecule is Cc1nc(N(C)CC(C)N)cc(N2CCCCC2)n1. The van der Waals surface area contributed by atoms with E-state index in [4.69, 9.17) is 5.73 Å². The first-order valence-corrected chi connectivity index (χ1v) is 7.13. The highest BCUT2D eigenvalue weighted by Crippen LogP contribution is 2.21. The van der Waals surface area contributed by atoms with Crippen LogP contribution in [0, 0.1) is 6.92 Å². The van der Waals surface area contributed by atoms with E-state index in [1.54, 1.807) is 0 Å². The van der Waals surface area contributed by atoms with E-state index < -0.39 is 0 Å². The molecule has 1 saturated heterocycles. The van der Waals surface area contributed by atoms with Gasteiger partial charge in [0.1, 0.15) is 17.5 Å². The van der Waals surface area contributed by atoms with Crippen molar-refractivity contribution in [2.75, 3.05) is 36.5 Å². The number of anilines is 2. The number of hydrogen-bond donors (Lipinski definition) is 1. The zero-order valence-electron chi connectivity index (χ0n) is 12.3. The van der Waals surface area contributed by atoms with Crippen molar-refractivity contribution < 1.29 is 0 Å². The minimum absolute atomic E-state index is 0.138. The minimum Gasteiger partial charge on any atom is -0.358 e. The molecule has 1 fully saturated rings. The minimum atomic E-state index is 0.138. The van der Waals surface area contributed by atoms with E-state index >= 15 is 0 Å². The largest absolute Gasteiger partial charge is 0.358 e. The summed E-state index contributed by atoms with van der Waals surface area (Å²) in [5, 5.41) is 0. The molecule has 2 rings (SSSR count). The van der Waals surface area contributed by atoms with E-state index in [9.17, 15) is 0 Å². The zero-order chi connectivity index (χ0) is 13.8. The lowest BCUT2D eigenvalue weighted by atomic mass is 10.1. The molecule has 0 saturated carbocycles. The molecule has 1 aliphatic heterocycles. The van der Waals surface area contributed by atoms with Gasteiger partial charge in [-0.05, 0) is 33.1 Å². The summed E-state index contributed by atoms with van der Waals surface area (Å²) < 4.78 is 0. The smallest absolute Gasteiger partial charge is 0.134 e. The highest BCUT2D eigenvalue weighted by molar-refractivity contribution is 5.51. The van der Waals surface area contributed by atoms with E-state index in [1.165, 1.54) is 19.3 Å². The van der Waals surface area contributed by atoms with Gasteiger partial charge in [0.15, 0.2) is 0 Å². The van der Waals surface area contributed by atoms with E-state index in [-0.39, 0.29) is 6.04 Å². The molecule has 0 aromatic carbocycles. The molecule has 1 aromatic heterocycles. The predicted octanol–water partition coefficient (Wildman–Crippen LogP) is 1.56. The lowest BCUT2D eigenvalue weighted by Crippen LogP contribution is -2.34. The van der Waals surface area contributed by atoms with Gasteiger partial charge in [-0.2, -0.15) is 0 Å². The average Bonchev–Trinajstić information content (AvgIpc) is 2.38. The molecule has 106 valence electrons. The van der Waals surface area contributed by atoms with E-state index in [0.717, 1.165) is 37.1 Å². The van der Waals surface area contributed by atoms with Gasteiger partial charge in [0.2, 0.25) is 0 Å². The molecule has 0 amide bonds. The van der Waals surface area contributed by atoms with Gasteiger partial charge in [-0.1, -0.05) is 0 Å². The number of likely N-dealkylation sites (N-methyl/N-ethyl adjacent to an activating group) is 1. The Hall–Kier alpha value is -1.36. The molecular weight excluding hydrogens is 238 g/mol. The number of aromatic nitrogens is 2. The van der Waals surface area contributed by atoms with E-state index in [0.29, 0.717) is 0 Å². The van der Waals surface area contributed by atoms with Crippen LogP contribution in [0.3, 0.4) is 0 Å². The van der Waals surface area contributed by atoms with Crippen molar-refractivity contribution in [1.29, 1.82) is 0 Å². The number of nitrogens with two attached hydrogens (primary N) is 1. The molecule has 1 unspecified atom stereocenters. The monoisotopic (exact) mass is 263 g/mol. The van der Waals surface area contributed by atoms with Gasteiger partial charge in [-0.3, -0.25) is 0 Å². The molecule has 0 spiro atoms. The maximum Gasteiger partial charge on any atom is 0.134 e. The Morgan fingerprint density at radius 3 is 2.63 bits per heavy atom. The van der Waals surface area contributed by atoms with Crippen LogP contribution in [0.2, 0.25) is 0 Å². The predicted molar refractivity (Wildman–Crippen MR) is 79.8 cm³/mol. The molecule has 19 heavy (non-hydrogen) atoms. The van der Waals surface area contributed by atoms with Crippen LogP contribution in [0.15, 0.2) is 6.07 Å². The Bertz CT molecular complexity index is 412. The fourth-order valence-electron chi connectivity index (χ4n) is 2.54. The molecule has 0 radical (unpaired) electrons. The van der Waals surface area contributed by atoms with Crippen LogP contribution in [0.4, 0.5) is 11.6 Å². The van der Waals surface area contributed by atoms with Crippen LogP contribution >= 0.6 is 0 Å².